The number of carbonyl (C=O) groups is 1. The molecule has 1 aliphatic heterocycles. The Bertz CT molecular complexity index is 233. The van der Waals surface area contributed by atoms with Gasteiger partial charge in [-0.05, 0) is 32.7 Å². The Labute approximate surface area is 98.1 Å². The van der Waals surface area contributed by atoms with Gasteiger partial charge in [-0.25, -0.2) is 0 Å². The molecular formula is C12H24N2O2. The number of nitrogens with zero attached hydrogens (tertiary/aromatic N) is 1. The molecule has 0 aromatic heterocycles. The van der Waals surface area contributed by atoms with E-state index >= 15 is 0 Å². The van der Waals surface area contributed by atoms with Gasteiger partial charge < -0.3 is 15.4 Å². The number of rotatable bonds is 5. The topological polar surface area (TPSA) is 55.6 Å². The van der Waals surface area contributed by atoms with Gasteiger partial charge in [0.2, 0.25) is 5.91 Å². The molecule has 4 nitrogen and oxygen atoms in total. The van der Waals surface area contributed by atoms with Crippen LogP contribution < -0.4 is 5.73 Å². The van der Waals surface area contributed by atoms with E-state index in [1.54, 1.807) is 0 Å². The predicted molar refractivity (Wildman–Crippen MR) is 64.0 cm³/mol. The molecule has 1 aliphatic rings. The molecule has 16 heavy (non-hydrogen) atoms. The summed E-state index contributed by atoms with van der Waals surface area (Å²) < 4.78 is 5.44. The zero-order chi connectivity index (χ0) is 12.1. The highest BCUT2D eigenvalue weighted by atomic mass is 16.5. The first kappa shape index (κ1) is 13.5. The highest BCUT2D eigenvalue weighted by molar-refractivity contribution is 5.79. The lowest BCUT2D eigenvalue weighted by Crippen LogP contribution is -2.40. The van der Waals surface area contributed by atoms with Crippen molar-refractivity contribution in [1.82, 2.24) is 4.90 Å². The number of hydrogen-bond acceptors (Lipinski definition) is 3. The van der Waals surface area contributed by atoms with Crippen LogP contribution in [0.2, 0.25) is 0 Å². The fourth-order valence-corrected chi connectivity index (χ4v) is 2.07. The van der Waals surface area contributed by atoms with E-state index in [0.717, 1.165) is 19.5 Å². The van der Waals surface area contributed by atoms with Crippen molar-refractivity contribution in [2.45, 2.75) is 33.3 Å². The molecule has 0 bridgehead atoms. The Kier molecular flexibility index (Phi) is 5.22. The van der Waals surface area contributed by atoms with E-state index in [9.17, 15) is 4.79 Å². The quantitative estimate of drug-likeness (QED) is 0.759. The van der Waals surface area contributed by atoms with Gasteiger partial charge in [0.25, 0.3) is 0 Å². The second-order valence-electron chi connectivity index (χ2n) is 4.79. The van der Waals surface area contributed by atoms with E-state index < -0.39 is 0 Å². The average Bonchev–Trinajstić information content (AvgIpc) is 2.71. The van der Waals surface area contributed by atoms with E-state index in [4.69, 9.17) is 10.5 Å². The van der Waals surface area contributed by atoms with Crippen molar-refractivity contribution in [1.29, 1.82) is 0 Å². The molecule has 3 unspecified atom stereocenters. The Balaban J connectivity index is 2.49. The summed E-state index contributed by atoms with van der Waals surface area (Å²) in [6, 6.07) is 0. The van der Waals surface area contributed by atoms with Crippen molar-refractivity contribution in [3.05, 3.63) is 0 Å². The van der Waals surface area contributed by atoms with Crippen LogP contribution in [0, 0.1) is 11.8 Å². The summed E-state index contributed by atoms with van der Waals surface area (Å²) in [6.45, 7) is 8.83. The maximum atomic E-state index is 12.2. The van der Waals surface area contributed by atoms with Crippen LogP contribution in [0.15, 0.2) is 0 Å². The van der Waals surface area contributed by atoms with E-state index in [2.05, 4.69) is 6.92 Å². The minimum Gasteiger partial charge on any atom is -0.378 e. The number of nitrogens with two attached hydrogens (primary N) is 1. The second-order valence-corrected chi connectivity index (χ2v) is 4.79. The average molecular weight is 228 g/mol. The Morgan fingerprint density at radius 1 is 1.62 bits per heavy atom. The van der Waals surface area contributed by atoms with E-state index in [-0.39, 0.29) is 17.9 Å². The van der Waals surface area contributed by atoms with Crippen LogP contribution in [0.5, 0.6) is 0 Å². The molecule has 0 radical (unpaired) electrons. The van der Waals surface area contributed by atoms with Gasteiger partial charge >= 0.3 is 0 Å². The molecule has 1 amide bonds. The fraction of sp³-hybridized carbons (Fsp3) is 0.917. The van der Waals surface area contributed by atoms with Crippen LogP contribution in [0.4, 0.5) is 0 Å². The van der Waals surface area contributed by atoms with Crippen molar-refractivity contribution in [2.75, 3.05) is 26.2 Å². The smallest absolute Gasteiger partial charge is 0.228 e. The minimum absolute atomic E-state index is 0.0555. The lowest BCUT2D eigenvalue weighted by molar-refractivity contribution is -0.135. The van der Waals surface area contributed by atoms with E-state index in [1.165, 1.54) is 0 Å². The van der Waals surface area contributed by atoms with Crippen molar-refractivity contribution in [3.8, 4) is 0 Å². The third-order valence-corrected chi connectivity index (χ3v) is 3.18. The zero-order valence-electron chi connectivity index (χ0n) is 10.6. The zero-order valence-corrected chi connectivity index (χ0v) is 10.6. The lowest BCUT2D eigenvalue weighted by Gasteiger charge is -2.26. The molecule has 0 aromatic carbocycles. The SMILES string of the molecule is CCN(CC(C)CN)C(=O)C1COC(C)C1. The van der Waals surface area contributed by atoms with Crippen molar-refractivity contribution < 1.29 is 9.53 Å². The highest BCUT2D eigenvalue weighted by Crippen LogP contribution is 2.21. The summed E-state index contributed by atoms with van der Waals surface area (Å²) in [5.74, 6) is 0.649. The molecule has 4 heteroatoms. The van der Waals surface area contributed by atoms with Crippen LogP contribution >= 0.6 is 0 Å². The van der Waals surface area contributed by atoms with Gasteiger partial charge in [-0.1, -0.05) is 6.92 Å². The molecule has 0 spiro atoms. The van der Waals surface area contributed by atoms with Gasteiger partial charge in [-0.15, -0.1) is 0 Å². The first-order valence-corrected chi connectivity index (χ1v) is 6.18. The third-order valence-electron chi connectivity index (χ3n) is 3.18. The summed E-state index contributed by atoms with van der Waals surface area (Å²) in [6.07, 6.45) is 1.08. The Morgan fingerprint density at radius 2 is 2.31 bits per heavy atom. The van der Waals surface area contributed by atoms with Crippen molar-refractivity contribution >= 4 is 5.91 Å². The van der Waals surface area contributed by atoms with Gasteiger partial charge in [0.1, 0.15) is 0 Å². The Morgan fingerprint density at radius 3 is 2.75 bits per heavy atom. The summed E-state index contributed by atoms with van der Waals surface area (Å²) in [5, 5.41) is 0. The molecule has 1 saturated heterocycles. The van der Waals surface area contributed by atoms with Crippen LogP contribution in [-0.2, 0) is 9.53 Å². The first-order valence-electron chi connectivity index (χ1n) is 6.18. The normalized spacial score (nSPS) is 26.8. The molecule has 1 rings (SSSR count). The number of amides is 1. The lowest BCUT2D eigenvalue weighted by atomic mass is 10.0. The second kappa shape index (κ2) is 6.21. The van der Waals surface area contributed by atoms with Gasteiger partial charge in [0, 0.05) is 13.1 Å². The van der Waals surface area contributed by atoms with Gasteiger partial charge in [-0.3, -0.25) is 4.79 Å². The van der Waals surface area contributed by atoms with E-state index in [0.29, 0.717) is 19.1 Å². The molecular weight excluding hydrogens is 204 g/mol. The predicted octanol–water partition coefficient (Wildman–Crippen LogP) is 0.855. The van der Waals surface area contributed by atoms with Crippen molar-refractivity contribution in [3.63, 3.8) is 0 Å². The number of ether oxygens (including phenoxy) is 1. The Hall–Kier alpha value is -0.610. The van der Waals surface area contributed by atoms with Gasteiger partial charge in [-0.2, -0.15) is 0 Å². The highest BCUT2D eigenvalue weighted by Gasteiger charge is 2.31. The van der Waals surface area contributed by atoms with E-state index in [1.807, 2.05) is 18.7 Å². The van der Waals surface area contributed by atoms with Gasteiger partial charge in [0.15, 0.2) is 0 Å². The largest absolute Gasteiger partial charge is 0.378 e. The molecule has 0 aliphatic carbocycles. The summed E-state index contributed by atoms with van der Waals surface area (Å²) in [7, 11) is 0. The van der Waals surface area contributed by atoms with Crippen LogP contribution in [-0.4, -0.2) is 43.2 Å². The number of hydrogen-bond donors (Lipinski definition) is 1. The van der Waals surface area contributed by atoms with Gasteiger partial charge in [0.05, 0.1) is 18.6 Å². The molecule has 2 N–H and O–H groups in total. The molecule has 3 atom stereocenters. The number of carbonyl (C=O) groups excluding carboxylic acids is 1. The standard InChI is InChI=1S/C12H24N2O2/c1-4-14(7-9(2)6-13)12(15)11-5-10(3)16-8-11/h9-11H,4-8,13H2,1-3H3. The molecule has 0 aromatic rings. The monoisotopic (exact) mass is 228 g/mol. The molecule has 1 heterocycles. The van der Waals surface area contributed by atoms with Crippen LogP contribution in [0.1, 0.15) is 27.2 Å². The summed E-state index contributed by atoms with van der Waals surface area (Å²) in [5.41, 5.74) is 5.59. The molecule has 0 saturated carbocycles. The molecule has 94 valence electrons. The molecule has 1 fully saturated rings. The maximum Gasteiger partial charge on any atom is 0.228 e. The maximum absolute atomic E-state index is 12.2. The van der Waals surface area contributed by atoms with Crippen LogP contribution in [0.3, 0.4) is 0 Å². The first-order chi connectivity index (χ1) is 7.58. The summed E-state index contributed by atoms with van der Waals surface area (Å²) >= 11 is 0. The van der Waals surface area contributed by atoms with Crippen molar-refractivity contribution in [2.24, 2.45) is 17.6 Å². The fourth-order valence-electron chi connectivity index (χ4n) is 2.07. The minimum atomic E-state index is 0.0555. The van der Waals surface area contributed by atoms with Crippen LogP contribution in [0.25, 0.3) is 0 Å². The summed E-state index contributed by atoms with van der Waals surface area (Å²) in [4.78, 5) is 14.1. The third kappa shape index (κ3) is 3.46.